The Bertz CT molecular complexity index is 597. The summed E-state index contributed by atoms with van der Waals surface area (Å²) in [5.74, 6) is 0. The van der Waals surface area contributed by atoms with E-state index in [9.17, 15) is 0 Å². The smallest absolute Gasteiger partial charge is 0.0487 e. The van der Waals surface area contributed by atoms with Crippen molar-refractivity contribution in [2.75, 3.05) is 38.7 Å². The van der Waals surface area contributed by atoms with E-state index in [-0.39, 0.29) is 0 Å². The van der Waals surface area contributed by atoms with E-state index in [1.807, 2.05) is 18.2 Å². The van der Waals surface area contributed by atoms with Gasteiger partial charge in [0.05, 0.1) is 0 Å². The highest BCUT2D eigenvalue weighted by Crippen LogP contribution is 2.10. The van der Waals surface area contributed by atoms with Gasteiger partial charge in [0, 0.05) is 31.9 Å². The fourth-order valence-electron chi connectivity index (χ4n) is 3.05. The van der Waals surface area contributed by atoms with E-state index < -0.39 is 0 Å². The van der Waals surface area contributed by atoms with E-state index in [0.29, 0.717) is 0 Å². The van der Waals surface area contributed by atoms with Gasteiger partial charge in [0.1, 0.15) is 0 Å². The van der Waals surface area contributed by atoms with Crippen molar-refractivity contribution in [3.8, 4) is 0 Å². The fraction of sp³-hybridized carbons (Fsp3) is 0.400. The molecule has 1 fully saturated rings. The summed E-state index contributed by atoms with van der Waals surface area (Å²) in [4.78, 5) is 4.99. The van der Waals surface area contributed by atoms with Crippen LogP contribution in [0.15, 0.2) is 54.6 Å². The predicted octanol–water partition coefficient (Wildman–Crippen LogP) is 2.94. The van der Waals surface area contributed by atoms with Crippen molar-refractivity contribution in [3.63, 3.8) is 0 Å². The Hall–Kier alpha value is -1.88. The maximum Gasteiger partial charge on any atom is 0.0487 e. The maximum atomic E-state index is 3.27. The normalized spacial score (nSPS) is 16.7. The van der Waals surface area contributed by atoms with Crippen LogP contribution in [0.1, 0.15) is 17.5 Å². The number of para-hydroxylation sites is 1. The molecule has 4 nitrogen and oxygen atoms in total. The van der Waals surface area contributed by atoms with Gasteiger partial charge in [0.25, 0.3) is 0 Å². The van der Waals surface area contributed by atoms with Crippen molar-refractivity contribution < 1.29 is 0 Å². The first-order chi connectivity index (χ1) is 11.8. The Morgan fingerprint density at radius 1 is 0.833 bits per heavy atom. The third-order valence-electron chi connectivity index (χ3n) is 4.54. The Labute approximate surface area is 145 Å². The third-order valence-corrected chi connectivity index (χ3v) is 4.54. The molecule has 0 spiro atoms. The molecule has 128 valence electrons. The van der Waals surface area contributed by atoms with Gasteiger partial charge in [-0.1, -0.05) is 42.5 Å². The van der Waals surface area contributed by atoms with Gasteiger partial charge < -0.3 is 10.3 Å². The summed E-state index contributed by atoms with van der Waals surface area (Å²) < 4.78 is 0. The van der Waals surface area contributed by atoms with E-state index in [2.05, 4.69) is 64.1 Å². The standard InChI is InChI=1S/C20H28N4/c1-23-12-5-13-24(15-14-23)17-19-10-8-18(9-11-19)16-21-22-20-6-3-2-4-7-20/h2-4,6-11,21-22H,5,12-17H2,1H3. The average molecular weight is 324 g/mol. The molecule has 0 saturated carbocycles. The van der Waals surface area contributed by atoms with Gasteiger partial charge in [-0.3, -0.25) is 4.90 Å². The average Bonchev–Trinajstić information content (AvgIpc) is 2.82. The Balaban J connectivity index is 1.44. The molecule has 0 atom stereocenters. The van der Waals surface area contributed by atoms with Crippen LogP contribution in [0, 0.1) is 0 Å². The highest BCUT2D eigenvalue weighted by molar-refractivity contribution is 5.41. The molecule has 3 rings (SSSR count). The molecular formula is C20H28N4. The van der Waals surface area contributed by atoms with Gasteiger partial charge in [-0.25, -0.2) is 5.43 Å². The summed E-state index contributed by atoms with van der Waals surface area (Å²) in [5, 5.41) is 0. The molecule has 2 aromatic carbocycles. The van der Waals surface area contributed by atoms with Crippen molar-refractivity contribution in [3.05, 3.63) is 65.7 Å². The Morgan fingerprint density at radius 2 is 1.58 bits per heavy atom. The molecular weight excluding hydrogens is 296 g/mol. The third kappa shape index (κ3) is 5.34. The van der Waals surface area contributed by atoms with Crippen LogP contribution in [0.4, 0.5) is 5.69 Å². The molecule has 0 bridgehead atoms. The molecule has 0 unspecified atom stereocenters. The lowest BCUT2D eigenvalue weighted by Crippen LogP contribution is -2.28. The number of nitrogens with zero attached hydrogens (tertiary/aromatic N) is 2. The van der Waals surface area contributed by atoms with Crippen LogP contribution in [-0.2, 0) is 13.1 Å². The number of rotatable bonds is 6. The maximum absolute atomic E-state index is 3.27. The first kappa shape index (κ1) is 17.0. The fourth-order valence-corrected chi connectivity index (χ4v) is 3.05. The monoisotopic (exact) mass is 324 g/mol. The Morgan fingerprint density at radius 3 is 2.38 bits per heavy atom. The van der Waals surface area contributed by atoms with E-state index in [4.69, 9.17) is 0 Å². The zero-order chi connectivity index (χ0) is 16.6. The van der Waals surface area contributed by atoms with Crippen molar-refractivity contribution >= 4 is 5.69 Å². The van der Waals surface area contributed by atoms with Gasteiger partial charge >= 0.3 is 0 Å². The molecule has 1 heterocycles. The minimum absolute atomic E-state index is 0.809. The molecule has 4 heteroatoms. The minimum Gasteiger partial charge on any atom is -0.321 e. The molecule has 0 aromatic heterocycles. The zero-order valence-corrected chi connectivity index (χ0v) is 14.5. The van der Waals surface area contributed by atoms with Gasteiger partial charge in [0.2, 0.25) is 0 Å². The van der Waals surface area contributed by atoms with Crippen molar-refractivity contribution in [1.29, 1.82) is 0 Å². The molecule has 0 radical (unpaired) electrons. The van der Waals surface area contributed by atoms with Crippen molar-refractivity contribution in [2.24, 2.45) is 0 Å². The molecule has 2 N–H and O–H groups in total. The van der Waals surface area contributed by atoms with E-state index in [1.165, 1.54) is 43.7 Å². The number of likely N-dealkylation sites (N-methyl/N-ethyl adjacent to an activating group) is 1. The van der Waals surface area contributed by atoms with Crippen molar-refractivity contribution in [1.82, 2.24) is 15.2 Å². The van der Waals surface area contributed by atoms with Gasteiger partial charge in [-0.05, 0) is 49.8 Å². The summed E-state index contributed by atoms with van der Waals surface area (Å²) in [5.41, 5.74) is 10.3. The number of hydrogen-bond donors (Lipinski definition) is 2. The van der Waals surface area contributed by atoms with Crippen LogP contribution >= 0.6 is 0 Å². The summed E-state index contributed by atoms with van der Waals surface area (Å²) in [6.07, 6.45) is 1.27. The van der Waals surface area contributed by atoms with Crippen LogP contribution in [0.25, 0.3) is 0 Å². The van der Waals surface area contributed by atoms with Crippen LogP contribution in [-0.4, -0.2) is 43.0 Å². The molecule has 24 heavy (non-hydrogen) atoms. The first-order valence-electron chi connectivity index (χ1n) is 8.82. The number of hydrogen-bond acceptors (Lipinski definition) is 4. The van der Waals surface area contributed by atoms with E-state index in [1.54, 1.807) is 0 Å². The Kier molecular flexibility index (Phi) is 6.24. The highest BCUT2D eigenvalue weighted by Gasteiger charge is 2.12. The largest absolute Gasteiger partial charge is 0.321 e. The van der Waals surface area contributed by atoms with Crippen molar-refractivity contribution in [2.45, 2.75) is 19.5 Å². The molecule has 1 saturated heterocycles. The number of benzene rings is 2. The van der Waals surface area contributed by atoms with E-state index in [0.717, 1.165) is 18.8 Å². The topological polar surface area (TPSA) is 30.5 Å². The summed E-state index contributed by atoms with van der Waals surface area (Å²) in [6.45, 7) is 6.63. The highest BCUT2D eigenvalue weighted by atomic mass is 15.3. The molecule has 0 amide bonds. The van der Waals surface area contributed by atoms with Crippen LogP contribution < -0.4 is 10.9 Å². The van der Waals surface area contributed by atoms with Gasteiger partial charge in [0.15, 0.2) is 0 Å². The van der Waals surface area contributed by atoms with Crippen LogP contribution in [0.2, 0.25) is 0 Å². The second-order valence-electron chi connectivity index (χ2n) is 6.59. The van der Waals surface area contributed by atoms with Gasteiger partial charge in [-0.15, -0.1) is 0 Å². The number of hydrazine groups is 1. The lowest BCUT2D eigenvalue weighted by Gasteiger charge is -2.20. The minimum atomic E-state index is 0.809. The molecule has 2 aromatic rings. The lowest BCUT2D eigenvalue weighted by atomic mass is 10.1. The van der Waals surface area contributed by atoms with Gasteiger partial charge in [-0.2, -0.15) is 0 Å². The summed E-state index contributed by atoms with van der Waals surface area (Å²) >= 11 is 0. The lowest BCUT2D eigenvalue weighted by molar-refractivity contribution is 0.269. The second-order valence-corrected chi connectivity index (χ2v) is 6.59. The SMILES string of the molecule is CN1CCCN(Cc2ccc(CNNc3ccccc3)cc2)CC1. The predicted molar refractivity (Wildman–Crippen MR) is 101 cm³/mol. The summed E-state index contributed by atoms with van der Waals surface area (Å²) in [6, 6.07) is 19.1. The zero-order valence-electron chi connectivity index (χ0n) is 14.5. The van der Waals surface area contributed by atoms with Crippen LogP contribution in [0.5, 0.6) is 0 Å². The number of nitrogens with one attached hydrogen (secondary N) is 2. The second kappa shape index (κ2) is 8.83. The number of anilines is 1. The molecule has 1 aliphatic rings. The molecule has 0 aliphatic carbocycles. The first-order valence-corrected chi connectivity index (χ1v) is 8.82. The summed E-state index contributed by atoms with van der Waals surface area (Å²) in [7, 11) is 2.22. The van der Waals surface area contributed by atoms with Crippen LogP contribution in [0.3, 0.4) is 0 Å². The van der Waals surface area contributed by atoms with E-state index >= 15 is 0 Å². The quantitative estimate of drug-likeness (QED) is 0.800. The molecule has 1 aliphatic heterocycles.